The van der Waals surface area contributed by atoms with Crippen LogP contribution in [-0.2, 0) is 9.53 Å². The van der Waals surface area contributed by atoms with Crippen molar-refractivity contribution in [2.45, 2.75) is 53.6 Å². The number of terminal acetylenes is 1. The molecule has 0 radical (unpaired) electrons. The highest BCUT2D eigenvalue weighted by molar-refractivity contribution is 6.17. The van der Waals surface area contributed by atoms with E-state index in [4.69, 9.17) is 16.3 Å². The van der Waals surface area contributed by atoms with E-state index in [9.17, 15) is 13.6 Å². The largest absolute Gasteiger partial charge is 0.379 e. The van der Waals surface area contributed by atoms with Gasteiger partial charge in [0.1, 0.15) is 11.6 Å². The van der Waals surface area contributed by atoms with E-state index >= 15 is 0 Å². The maximum absolute atomic E-state index is 12.2. The maximum Gasteiger partial charge on any atom is 0.207 e. The van der Waals surface area contributed by atoms with Crippen LogP contribution in [0.5, 0.6) is 0 Å². The van der Waals surface area contributed by atoms with E-state index in [-0.39, 0.29) is 5.60 Å². The molecule has 0 fully saturated rings. The lowest BCUT2D eigenvalue weighted by Crippen LogP contribution is -2.15. The fourth-order valence-corrected chi connectivity index (χ4v) is 1.05. The number of alkyl halides is 1. The average molecular weight is 394 g/mol. The zero-order chi connectivity index (χ0) is 21.6. The van der Waals surface area contributed by atoms with Gasteiger partial charge in [0.2, 0.25) is 6.41 Å². The van der Waals surface area contributed by atoms with E-state index < -0.39 is 11.6 Å². The molecule has 0 bridgehead atoms. The number of carbonyl (C=O) groups is 1. The molecule has 1 amide bonds. The Morgan fingerprint density at radius 2 is 1.54 bits per heavy atom. The minimum Gasteiger partial charge on any atom is -0.379 e. The number of carbonyl (C=O) groups excluding carboxylic acids is 1. The number of aryl methyl sites for hydroxylation is 1. The SMILES string of the molecule is C#C.CC.COC(C)(C)C.Cc1cc(F)cc(F)c1.O=CNCCCCl. The Labute approximate surface area is 163 Å². The van der Waals surface area contributed by atoms with Gasteiger partial charge in [0.15, 0.2) is 0 Å². The minimum absolute atomic E-state index is 0.0417. The predicted molar refractivity (Wildman–Crippen MR) is 108 cm³/mol. The van der Waals surface area contributed by atoms with Crippen LogP contribution in [0.4, 0.5) is 8.78 Å². The minimum atomic E-state index is -0.521. The smallest absolute Gasteiger partial charge is 0.207 e. The molecular weight excluding hydrogens is 360 g/mol. The van der Waals surface area contributed by atoms with Gasteiger partial charge in [-0.15, -0.1) is 24.4 Å². The highest BCUT2D eigenvalue weighted by atomic mass is 35.5. The molecule has 0 aliphatic heterocycles. The quantitative estimate of drug-likeness (QED) is 0.324. The van der Waals surface area contributed by atoms with Gasteiger partial charge >= 0.3 is 0 Å². The first kappa shape index (κ1) is 32.1. The number of amides is 1. The summed E-state index contributed by atoms with van der Waals surface area (Å²) in [6.07, 6.45) is 9.52. The summed E-state index contributed by atoms with van der Waals surface area (Å²) in [7, 11) is 1.71. The number of halogens is 3. The van der Waals surface area contributed by atoms with E-state index in [0.29, 0.717) is 24.4 Å². The highest BCUT2D eigenvalue weighted by Gasteiger charge is 2.04. The molecule has 0 unspecified atom stereocenters. The lowest BCUT2D eigenvalue weighted by Gasteiger charge is -2.14. The Balaban J connectivity index is -0.000000130. The van der Waals surface area contributed by atoms with Crippen LogP contribution >= 0.6 is 11.6 Å². The van der Waals surface area contributed by atoms with E-state index in [1.807, 2.05) is 34.6 Å². The molecule has 0 atom stereocenters. The molecule has 1 aromatic carbocycles. The molecule has 0 saturated carbocycles. The predicted octanol–water partition coefficient (Wildman–Crippen LogP) is 5.34. The average Bonchev–Trinajstić information content (AvgIpc) is 2.58. The van der Waals surface area contributed by atoms with Gasteiger partial charge in [0.25, 0.3) is 0 Å². The third-order valence-electron chi connectivity index (χ3n) is 2.16. The van der Waals surface area contributed by atoms with Crippen molar-refractivity contribution < 1.29 is 18.3 Å². The molecule has 3 nitrogen and oxygen atoms in total. The first-order chi connectivity index (χ1) is 12.2. The second kappa shape index (κ2) is 23.4. The summed E-state index contributed by atoms with van der Waals surface area (Å²) in [5.74, 6) is -0.430. The van der Waals surface area contributed by atoms with Crippen LogP contribution in [0.25, 0.3) is 0 Å². The first-order valence-electron chi connectivity index (χ1n) is 8.20. The van der Waals surface area contributed by atoms with E-state index in [2.05, 4.69) is 18.2 Å². The number of rotatable bonds is 4. The fraction of sp³-hybridized carbons (Fsp3) is 0.550. The Bertz CT molecular complexity index is 397. The van der Waals surface area contributed by atoms with Crippen LogP contribution in [0.3, 0.4) is 0 Å². The van der Waals surface area contributed by atoms with Gasteiger partial charge in [-0.25, -0.2) is 8.78 Å². The molecule has 0 aliphatic rings. The van der Waals surface area contributed by atoms with Crippen molar-refractivity contribution in [3.05, 3.63) is 35.4 Å². The third kappa shape index (κ3) is 33.9. The molecule has 1 rings (SSSR count). The van der Waals surface area contributed by atoms with Crippen LogP contribution < -0.4 is 5.32 Å². The third-order valence-corrected chi connectivity index (χ3v) is 2.42. The lowest BCUT2D eigenvalue weighted by atomic mass is 10.2. The van der Waals surface area contributed by atoms with Crippen molar-refractivity contribution in [2.24, 2.45) is 0 Å². The summed E-state index contributed by atoms with van der Waals surface area (Å²) in [5.41, 5.74) is 0.646. The second-order valence-electron chi connectivity index (χ2n) is 5.38. The lowest BCUT2D eigenvalue weighted by molar-refractivity contribution is -0.109. The molecule has 6 heteroatoms. The number of ether oxygens (including phenoxy) is 1. The second-order valence-corrected chi connectivity index (χ2v) is 5.76. The number of hydrogen-bond donors (Lipinski definition) is 1. The summed E-state index contributed by atoms with van der Waals surface area (Å²) in [6, 6.07) is 3.42. The van der Waals surface area contributed by atoms with Gasteiger partial charge in [-0.2, -0.15) is 0 Å². The van der Waals surface area contributed by atoms with E-state index in [1.54, 1.807) is 14.0 Å². The zero-order valence-electron chi connectivity index (χ0n) is 17.0. The van der Waals surface area contributed by atoms with Crippen molar-refractivity contribution in [1.82, 2.24) is 5.32 Å². The zero-order valence-corrected chi connectivity index (χ0v) is 17.8. The van der Waals surface area contributed by atoms with Gasteiger partial charge in [0.05, 0.1) is 5.60 Å². The highest BCUT2D eigenvalue weighted by Crippen LogP contribution is 2.05. The van der Waals surface area contributed by atoms with E-state index in [1.165, 1.54) is 12.1 Å². The molecule has 152 valence electrons. The normalized spacial score (nSPS) is 8.62. The molecule has 0 aliphatic carbocycles. The number of nitrogens with one attached hydrogen (secondary N) is 1. The van der Waals surface area contributed by atoms with Crippen LogP contribution in [-0.4, -0.2) is 31.5 Å². The van der Waals surface area contributed by atoms with Gasteiger partial charge < -0.3 is 10.1 Å². The summed E-state index contributed by atoms with van der Waals surface area (Å²) >= 11 is 5.28. The van der Waals surface area contributed by atoms with Gasteiger partial charge in [0, 0.05) is 25.6 Å². The van der Waals surface area contributed by atoms with E-state index in [0.717, 1.165) is 12.5 Å². The molecule has 0 heterocycles. The summed E-state index contributed by atoms with van der Waals surface area (Å²) < 4.78 is 29.3. The Kier molecular flexibility index (Phi) is 28.8. The van der Waals surface area contributed by atoms with Crippen molar-refractivity contribution in [2.75, 3.05) is 19.5 Å². The molecule has 0 spiro atoms. The summed E-state index contributed by atoms with van der Waals surface area (Å²) in [4.78, 5) is 9.53. The van der Waals surface area contributed by atoms with Crippen LogP contribution in [0.2, 0.25) is 0 Å². The Hall–Kier alpha value is -1.64. The first-order valence-corrected chi connectivity index (χ1v) is 8.74. The Morgan fingerprint density at radius 1 is 1.15 bits per heavy atom. The maximum atomic E-state index is 12.2. The monoisotopic (exact) mass is 393 g/mol. The molecule has 1 aromatic rings. The topological polar surface area (TPSA) is 38.3 Å². The summed E-state index contributed by atoms with van der Waals surface area (Å²) in [6.45, 7) is 12.4. The van der Waals surface area contributed by atoms with Gasteiger partial charge in [-0.3, -0.25) is 4.79 Å². The molecule has 0 aromatic heterocycles. The van der Waals surface area contributed by atoms with Gasteiger partial charge in [-0.1, -0.05) is 13.8 Å². The van der Waals surface area contributed by atoms with Crippen molar-refractivity contribution in [3.8, 4) is 12.8 Å². The number of methoxy groups -OCH3 is 1. The Morgan fingerprint density at radius 3 is 1.77 bits per heavy atom. The molecule has 0 saturated heterocycles. The fourth-order valence-electron chi connectivity index (χ4n) is 0.920. The van der Waals surface area contributed by atoms with Gasteiger partial charge in [-0.05, 0) is 51.8 Å². The van der Waals surface area contributed by atoms with Crippen LogP contribution in [0.1, 0.15) is 46.6 Å². The molecule has 26 heavy (non-hydrogen) atoms. The van der Waals surface area contributed by atoms with Crippen LogP contribution in [0.15, 0.2) is 18.2 Å². The molecular formula is C20H34ClF2NO2. The molecule has 1 N–H and O–H groups in total. The number of benzene rings is 1. The standard InChI is InChI=1S/C7H6F2.C5H12O.C4H8ClNO.C2H6.C2H2/c1-5-2-6(8)4-7(9)3-5;1-5(2,3)6-4;5-2-1-3-6-4-7;2*1-2/h2-4H,1H3;1-4H3;4H,1-3H2,(H,6,7);1-2H3;1-2H. The van der Waals surface area contributed by atoms with Crippen molar-refractivity contribution in [3.63, 3.8) is 0 Å². The van der Waals surface area contributed by atoms with Crippen molar-refractivity contribution >= 4 is 18.0 Å². The van der Waals surface area contributed by atoms with Crippen LogP contribution in [0, 0.1) is 31.4 Å². The number of hydrogen-bond acceptors (Lipinski definition) is 2. The van der Waals surface area contributed by atoms with Crippen molar-refractivity contribution in [1.29, 1.82) is 0 Å². The summed E-state index contributed by atoms with van der Waals surface area (Å²) in [5, 5.41) is 2.48.